The number of rotatable bonds is 2. The molecule has 8 heteroatoms. The molecular weight excluding hydrogens is 286 g/mol. The van der Waals surface area contributed by atoms with Gasteiger partial charge in [-0.3, -0.25) is 4.90 Å². The van der Waals surface area contributed by atoms with Gasteiger partial charge < -0.3 is 0 Å². The largest absolute Gasteiger partial charge is 0.416 e. The quantitative estimate of drug-likeness (QED) is 0.775. The first kappa shape index (κ1) is 16.3. The number of nitriles is 1. The van der Waals surface area contributed by atoms with Crippen molar-refractivity contribution in [3.8, 4) is 6.07 Å². The van der Waals surface area contributed by atoms with Gasteiger partial charge in [0.1, 0.15) is 6.04 Å². The highest BCUT2D eigenvalue weighted by Gasteiger charge is 2.37. The van der Waals surface area contributed by atoms with Gasteiger partial charge in [0.15, 0.2) is 0 Å². The fraction of sp³-hybridized carbons (Fsp3) is 0.417. The SMILES string of the molecule is CN(C)C(C#N)c1cc(C(F)(F)F)cc(C(F)(F)F)c1. The molecule has 0 aliphatic heterocycles. The third-order valence-corrected chi connectivity index (χ3v) is 2.56. The molecule has 1 rings (SSSR count). The van der Waals surface area contributed by atoms with E-state index in [2.05, 4.69) is 0 Å². The van der Waals surface area contributed by atoms with E-state index in [0.717, 1.165) is 0 Å². The minimum absolute atomic E-state index is 0.0353. The molecule has 1 atom stereocenters. The summed E-state index contributed by atoms with van der Waals surface area (Å²) in [6.07, 6.45) is -9.83. The Morgan fingerprint density at radius 3 is 1.60 bits per heavy atom. The summed E-state index contributed by atoms with van der Waals surface area (Å²) in [6.45, 7) is 0. The molecule has 0 spiro atoms. The van der Waals surface area contributed by atoms with E-state index < -0.39 is 29.5 Å². The van der Waals surface area contributed by atoms with Gasteiger partial charge >= 0.3 is 12.4 Å². The molecular formula is C12H10F6N2. The van der Waals surface area contributed by atoms with Crippen LogP contribution in [0.2, 0.25) is 0 Å². The molecule has 0 amide bonds. The fourth-order valence-electron chi connectivity index (χ4n) is 1.62. The van der Waals surface area contributed by atoms with Gasteiger partial charge in [0.2, 0.25) is 0 Å². The standard InChI is InChI=1S/C12H10F6N2/c1-20(2)10(6-19)7-3-8(11(13,14)15)5-9(4-7)12(16,17)18/h3-5,10H,1-2H3. The second kappa shape index (κ2) is 5.32. The molecule has 2 nitrogen and oxygen atoms in total. The van der Waals surface area contributed by atoms with E-state index in [0.29, 0.717) is 12.1 Å². The first-order valence-corrected chi connectivity index (χ1v) is 5.32. The summed E-state index contributed by atoms with van der Waals surface area (Å²) >= 11 is 0. The predicted molar refractivity (Wildman–Crippen MR) is 58.5 cm³/mol. The number of hydrogen-bond acceptors (Lipinski definition) is 2. The summed E-state index contributed by atoms with van der Waals surface area (Å²) in [5.74, 6) is 0. The molecule has 0 saturated carbocycles. The Labute approximate surface area is 111 Å². The molecule has 0 N–H and O–H groups in total. The van der Waals surface area contributed by atoms with Crippen molar-refractivity contribution in [2.24, 2.45) is 0 Å². The maximum Gasteiger partial charge on any atom is 0.416 e. The molecule has 0 bridgehead atoms. The normalized spacial score (nSPS) is 14.2. The van der Waals surface area contributed by atoms with Crippen LogP contribution in [-0.2, 0) is 12.4 Å². The van der Waals surface area contributed by atoms with E-state index in [1.807, 2.05) is 0 Å². The molecule has 110 valence electrons. The van der Waals surface area contributed by atoms with Gasteiger partial charge in [-0.15, -0.1) is 0 Å². The zero-order chi connectivity index (χ0) is 15.7. The molecule has 0 aliphatic rings. The lowest BCUT2D eigenvalue weighted by Crippen LogP contribution is -2.20. The molecule has 20 heavy (non-hydrogen) atoms. The van der Waals surface area contributed by atoms with Crippen molar-refractivity contribution < 1.29 is 26.3 Å². The maximum absolute atomic E-state index is 12.6. The van der Waals surface area contributed by atoms with Crippen LogP contribution in [0.5, 0.6) is 0 Å². The van der Waals surface area contributed by atoms with Crippen LogP contribution in [0.25, 0.3) is 0 Å². The summed E-state index contributed by atoms with van der Waals surface area (Å²) in [5.41, 5.74) is -3.20. The van der Waals surface area contributed by atoms with Crippen LogP contribution in [0, 0.1) is 11.3 Å². The Morgan fingerprint density at radius 1 is 0.950 bits per heavy atom. The Bertz CT molecular complexity index is 492. The maximum atomic E-state index is 12.6. The molecule has 0 aromatic heterocycles. The van der Waals surface area contributed by atoms with Gasteiger partial charge in [0.25, 0.3) is 0 Å². The predicted octanol–water partition coefficient (Wildman–Crippen LogP) is 3.85. The monoisotopic (exact) mass is 296 g/mol. The van der Waals surface area contributed by atoms with Crippen LogP contribution in [-0.4, -0.2) is 19.0 Å². The van der Waals surface area contributed by atoms with Crippen molar-refractivity contribution in [1.29, 1.82) is 5.26 Å². The van der Waals surface area contributed by atoms with Crippen LogP contribution < -0.4 is 0 Å². The Kier molecular flexibility index (Phi) is 4.34. The van der Waals surface area contributed by atoms with E-state index in [4.69, 9.17) is 5.26 Å². The molecule has 1 aromatic carbocycles. The molecule has 0 saturated heterocycles. The van der Waals surface area contributed by atoms with Crippen LogP contribution >= 0.6 is 0 Å². The Morgan fingerprint density at radius 2 is 1.35 bits per heavy atom. The third-order valence-electron chi connectivity index (χ3n) is 2.56. The lowest BCUT2D eigenvalue weighted by molar-refractivity contribution is -0.143. The van der Waals surface area contributed by atoms with E-state index in [9.17, 15) is 26.3 Å². The topological polar surface area (TPSA) is 27.0 Å². The summed E-state index contributed by atoms with van der Waals surface area (Å²) < 4.78 is 75.8. The van der Waals surface area contributed by atoms with Crippen molar-refractivity contribution in [2.75, 3.05) is 14.1 Å². The lowest BCUT2D eigenvalue weighted by Gasteiger charge is -2.20. The van der Waals surface area contributed by atoms with Gasteiger partial charge in [0.05, 0.1) is 17.2 Å². The highest BCUT2D eigenvalue weighted by Crippen LogP contribution is 2.37. The number of alkyl halides is 6. The molecule has 0 heterocycles. The van der Waals surface area contributed by atoms with Crippen molar-refractivity contribution >= 4 is 0 Å². The van der Waals surface area contributed by atoms with E-state index in [1.54, 1.807) is 6.07 Å². The summed E-state index contributed by atoms with van der Waals surface area (Å²) in [5, 5.41) is 8.88. The van der Waals surface area contributed by atoms with Crippen molar-refractivity contribution in [3.63, 3.8) is 0 Å². The zero-order valence-corrected chi connectivity index (χ0v) is 10.5. The fourth-order valence-corrected chi connectivity index (χ4v) is 1.62. The second-order valence-electron chi connectivity index (χ2n) is 4.33. The molecule has 1 unspecified atom stereocenters. The summed E-state index contributed by atoms with van der Waals surface area (Å²) in [7, 11) is 2.78. The molecule has 0 radical (unpaired) electrons. The van der Waals surface area contributed by atoms with Crippen molar-refractivity contribution in [1.82, 2.24) is 4.90 Å². The number of benzene rings is 1. The minimum Gasteiger partial charge on any atom is -0.291 e. The van der Waals surface area contributed by atoms with Crippen LogP contribution in [0.1, 0.15) is 22.7 Å². The minimum atomic E-state index is -4.91. The van der Waals surface area contributed by atoms with E-state index >= 15 is 0 Å². The highest BCUT2D eigenvalue weighted by atomic mass is 19.4. The molecule has 0 fully saturated rings. The van der Waals surface area contributed by atoms with Gasteiger partial charge in [-0.1, -0.05) is 0 Å². The van der Waals surface area contributed by atoms with Crippen LogP contribution in [0.3, 0.4) is 0 Å². The van der Waals surface area contributed by atoms with E-state index in [1.165, 1.54) is 19.0 Å². The van der Waals surface area contributed by atoms with Crippen LogP contribution in [0.4, 0.5) is 26.3 Å². The number of nitrogens with zero attached hydrogens (tertiary/aromatic N) is 2. The van der Waals surface area contributed by atoms with Gasteiger partial charge in [-0.25, -0.2) is 0 Å². The van der Waals surface area contributed by atoms with E-state index in [-0.39, 0.29) is 11.6 Å². The van der Waals surface area contributed by atoms with Gasteiger partial charge in [-0.05, 0) is 37.9 Å². The van der Waals surface area contributed by atoms with Gasteiger partial charge in [-0.2, -0.15) is 31.6 Å². The lowest BCUT2D eigenvalue weighted by atomic mass is 9.99. The Balaban J connectivity index is 3.50. The summed E-state index contributed by atoms with van der Waals surface area (Å²) in [4.78, 5) is 1.23. The average molecular weight is 296 g/mol. The molecule has 0 aliphatic carbocycles. The highest BCUT2D eigenvalue weighted by molar-refractivity contribution is 5.37. The smallest absolute Gasteiger partial charge is 0.291 e. The number of halogens is 6. The van der Waals surface area contributed by atoms with Crippen molar-refractivity contribution in [2.45, 2.75) is 18.4 Å². The summed E-state index contributed by atoms with van der Waals surface area (Å²) in [6, 6.07) is 1.62. The second-order valence-corrected chi connectivity index (χ2v) is 4.33. The van der Waals surface area contributed by atoms with Crippen LogP contribution in [0.15, 0.2) is 18.2 Å². The van der Waals surface area contributed by atoms with Gasteiger partial charge in [0, 0.05) is 0 Å². The third kappa shape index (κ3) is 3.63. The average Bonchev–Trinajstić information content (AvgIpc) is 2.26. The first-order chi connectivity index (χ1) is 8.96. The first-order valence-electron chi connectivity index (χ1n) is 5.32. The molecule has 1 aromatic rings. The van der Waals surface area contributed by atoms with Crippen molar-refractivity contribution in [3.05, 3.63) is 34.9 Å². The zero-order valence-electron chi connectivity index (χ0n) is 10.5. The Hall–Kier alpha value is -1.75. The number of hydrogen-bond donors (Lipinski definition) is 0.